The molecule has 3 nitrogen and oxygen atoms in total. The zero-order chi connectivity index (χ0) is 13.1. The van der Waals surface area contributed by atoms with Crippen molar-refractivity contribution in [3.05, 3.63) is 47.0 Å². The Morgan fingerprint density at radius 2 is 1.94 bits per heavy atom. The van der Waals surface area contributed by atoms with E-state index < -0.39 is 0 Å². The van der Waals surface area contributed by atoms with Gasteiger partial charge in [0.05, 0.1) is 0 Å². The van der Waals surface area contributed by atoms with Gasteiger partial charge < -0.3 is 5.73 Å². The van der Waals surface area contributed by atoms with Crippen molar-refractivity contribution in [3.63, 3.8) is 0 Å². The highest BCUT2D eigenvalue weighted by molar-refractivity contribution is 5.56. The van der Waals surface area contributed by atoms with Gasteiger partial charge in [-0.2, -0.15) is 0 Å². The van der Waals surface area contributed by atoms with Gasteiger partial charge in [0.2, 0.25) is 0 Å². The fourth-order valence-corrected chi connectivity index (χ4v) is 1.82. The van der Waals surface area contributed by atoms with Crippen molar-refractivity contribution in [3.8, 4) is 11.4 Å². The molecule has 94 valence electrons. The summed E-state index contributed by atoms with van der Waals surface area (Å²) < 4.78 is 13.2. The van der Waals surface area contributed by atoms with Crippen molar-refractivity contribution in [2.24, 2.45) is 5.73 Å². The van der Waals surface area contributed by atoms with Crippen molar-refractivity contribution < 1.29 is 4.39 Å². The molecule has 0 atom stereocenters. The molecule has 0 aliphatic carbocycles. The predicted molar refractivity (Wildman–Crippen MR) is 69.7 cm³/mol. The second-order valence-electron chi connectivity index (χ2n) is 4.33. The van der Waals surface area contributed by atoms with E-state index in [-0.39, 0.29) is 5.82 Å². The zero-order valence-corrected chi connectivity index (χ0v) is 10.6. The zero-order valence-electron chi connectivity index (χ0n) is 10.6. The van der Waals surface area contributed by atoms with Gasteiger partial charge in [-0.1, -0.05) is 0 Å². The highest BCUT2D eigenvalue weighted by Crippen LogP contribution is 2.19. The molecule has 2 rings (SSSR count). The summed E-state index contributed by atoms with van der Waals surface area (Å²) in [6.07, 6.45) is 0.719. The van der Waals surface area contributed by atoms with E-state index in [1.807, 2.05) is 13.0 Å². The standard InChI is InChI=1S/C14H16FN3/c1-9-7-11(3-4-13(9)15)14-17-10(2)8-12(18-14)5-6-16/h3-4,7-8H,5-6,16H2,1-2H3. The first kappa shape index (κ1) is 12.6. The molecule has 1 aromatic carbocycles. The fraction of sp³-hybridized carbons (Fsp3) is 0.286. The summed E-state index contributed by atoms with van der Waals surface area (Å²) in [5, 5.41) is 0. The molecule has 0 aliphatic heterocycles. The van der Waals surface area contributed by atoms with Crippen molar-refractivity contribution in [1.82, 2.24) is 9.97 Å². The molecule has 0 bridgehead atoms. The number of benzene rings is 1. The molecule has 0 fully saturated rings. The lowest BCUT2D eigenvalue weighted by atomic mass is 10.1. The molecule has 18 heavy (non-hydrogen) atoms. The van der Waals surface area contributed by atoms with E-state index in [0.29, 0.717) is 17.9 Å². The topological polar surface area (TPSA) is 51.8 Å². The van der Waals surface area contributed by atoms with Crippen LogP contribution in [0.2, 0.25) is 0 Å². The van der Waals surface area contributed by atoms with Gasteiger partial charge in [0.1, 0.15) is 5.82 Å². The molecule has 0 radical (unpaired) electrons. The molecule has 0 saturated carbocycles. The molecule has 0 spiro atoms. The van der Waals surface area contributed by atoms with Crippen LogP contribution in [0.1, 0.15) is 17.0 Å². The second-order valence-corrected chi connectivity index (χ2v) is 4.33. The van der Waals surface area contributed by atoms with E-state index in [9.17, 15) is 4.39 Å². The van der Waals surface area contributed by atoms with Gasteiger partial charge in [0.25, 0.3) is 0 Å². The van der Waals surface area contributed by atoms with Crippen LogP contribution in [0.3, 0.4) is 0 Å². The number of nitrogens with zero attached hydrogens (tertiary/aromatic N) is 2. The maximum atomic E-state index is 13.2. The summed E-state index contributed by atoms with van der Waals surface area (Å²) in [6, 6.07) is 6.82. The number of aromatic nitrogens is 2. The molecular formula is C14H16FN3. The van der Waals surface area contributed by atoms with Crippen LogP contribution < -0.4 is 5.73 Å². The third-order valence-electron chi connectivity index (χ3n) is 2.72. The van der Waals surface area contributed by atoms with Crippen molar-refractivity contribution in [2.45, 2.75) is 20.3 Å². The van der Waals surface area contributed by atoms with Crippen LogP contribution >= 0.6 is 0 Å². The maximum Gasteiger partial charge on any atom is 0.159 e. The summed E-state index contributed by atoms with van der Waals surface area (Å²) >= 11 is 0. The van der Waals surface area contributed by atoms with E-state index in [1.165, 1.54) is 6.07 Å². The van der Waals surface area contributed by atoms with Gasteiger partial charge in [0, 0.05) is 23.4 Å². The Morgan fingerprint density at radius 3 is 2.61 bits per heavy atom. The van der Waals surface area contributed by atoms with Gasteiger partial charge in [-0.15, -0.1) is 0 Å². The number of rotatable bonds is 3. The summed E-state index contributed by atoms with van der Waals surface area (Å²) in [5.74, 6) is 0.412. The summed E-state index contributed by atoms with van der Waals surface area (Å²) in [7, 11) is 0. The molecular weight excluding hydrogens is 229 g/mol. The summed E-state index contributed by atoms with van der Waals surface area (Å²) in [4.78, 5) is 8.83. The van der Waals surface area contributed by atoms with E-state index in [1.54, 1.807) is 19.1 Å². The molecule has 0 saturated heterocycles. The molecule has 2 N–H and O–H groups in total. The number of hydrogen-bond donors (Lipinski definition) is 1. The number of halogens is 1. The fourth-order valence-electron chi connectivity index (χ4n) is 1.82. The van der Waals surface area contributed by atoms with Crippen molar-refractivity contribution in [1.29, 1.82) is 0 Å². The first-order valence-corrected chi connectivity index (χ1v) is 5.91. The van der Waals surface area contributed by atoms with Gasteiger partial charge in [-0.3, -0.25) is 0 Å². The Labute approximate surface area is 106 Å². The van der Waals surface area contributed by atoms with Gasteiger partial charge >= 0.3 is 0 Å². The smallest absolute Gasteiger partial charge is 0.159 e. The van der Waals surface area contributed by atoms with Gasteiger partial charge in [0.15, 0.2) is 5.82 Å². The number of hydrogen-bond acceptors (Lipinski definition) is 3. The SMILES string of the molecule is Cc1cc(CCN)nc(-c2ccc(F)c(C)c2)n1. The first-order chi connectivity index (χ1) is 8.60. The Hall–Kier alpha value is -1.81. The summed E-state index contributed by atoms with van der Waals surface area (Å²) in [6.45, 7) is 4.20. The minimum Gasteiger partial charge on any atom is -0.330 e. The van der Waals surface area contributed by atoms with E-state index in [4.69, 9.17) is 5.73 Å². The Morgan fingerprint density at radius 1 is 1.17 bits per heavy atom. The second kappa shape index (κ2) is 5.23. The number of nitrogens with two attached hydrogens (primary N) is 1. The lowest BCUT2D eigenvalue weighted by Crippen LogP contribution is -2.06. The highest BCUT2D eigenvalue weighted by Gasteiger charge is 2.06. The third-order valence-corrected chi connectivity index (χ3v) is 2.72. The first-order valence-electron chi connectivity index (χ1n) is 5.91. The van der Waals surface area contributed by atoms with E-state index in [2.05, 4.69) is 9.97 Å². The molecule has 1 heterocycles. The lowest BCUT2D eigenvalue weighted by molar-refractivity contribution is 0.618. The van der Waals surface area contributed by atoms with E-state index in [0.717, 1.165) is 23.4 Å². The van der Waals surface area contributed by atoms with Gasteiger partial charge in [-0.05, 0) is 50.2 Å². The van der Waals surface area contributed by atoms with Crippen LogP contribution in [0.25, 0.3) is 11.4 Å². The molecule has 1 aromatic heterocycles. The van der Waals surface area contributed by atoms with Crippen LogP contribution in [0.4, 0.5) is 4.39 Å². The molecule has 0 amide bonds. The lowest BCUT2D eigenvalue weighted by Gasteiger charge is -2.06. The largest absolute Gasteiger partial charge is 0.330 e. The average Bonchev–Trinajstić information content (AvgIpc) is 2.32. The normalized spacial score (nSPS) is 10.7. The van der Waals surface area contributed by atoms with Crippen LogP contribution in [-0.2, 0) is 6.42 Å². The summed E-state index contributed by atoms with van der Waals surface area (Å²) in [5.41, 5.74) is 8.77. The monoisotopic (exact) mass is 245 g/mol. The van der Waals surface area contributed by atoms with Crippen LogP contribution in [0.5, 0.6) is 0 Å². The third kappa shape index (κ3) is 2.71. The van der Waals surface area contributed by atoms with E-state index >= 15 is 0 Å². The average molecular weight is 245 g/mol. The Balaban J connectivity index is 2.46. The van der Waals surface area contributed by atoms with Crippen molar-refractivity contribution >= 4 is 0 Å². The molecule has 0 unspecified atom stereocenters. The molecule has 0 aliphatic rings. The predicted octanol–water partition coefficient (Wildman–Crippen LogP) is 2.40. The Bertz CT molecular complexity index is 567. The van der Waals surface area contributed by atoms with Crippen LogP contribution in [0.15, 0.2) is 24.3 Å². The van der Waals surface area contributed by atoms with Crippen molar-refractivity contribution in [2.75, 3.05) is 6.54 Å². The number of aryl methyl sites for hydroxylation is 2. The van der Waals surface area contributed by atoms with Gasteiger partial charge in [-0.25, -0.2) is 14.4 Å². The van der Waals surface area contributed by atoms with Crippen LogP contribution in [-0.4, -0.2) is 16.5 Å². The van der Waals surface area contributed by atoms with Crippen LogP contribution in [0, 0.1) is 19.7 Å². The maximum absolute atomic E-state index is 13.2. The molecule has 2 aromatic rings. The minimum atomic E-state index is -0.214. The quantitative estimate of drug-likeness (QED) is 0.903. The molecule has 4 heteroatoms. The Kier molecular flexibility index (Phi) is 3.67. The highest BCUT2D eigenvalue weighted by atomic mass is 19.1. The minimum absolute atomic E-state index is 0.214.